The molecule has 1 atom stereocenters. The number of halogens is 2. The molecule has 0 saturated heterocycles. The van der Waals surface area contributed by atoms with Gasteiger partial charge in [0.25, 0.3) is 0 Å². The monoisotopic (exact) mass is 182 g/mol. The lowest BCUT2D eigenvalue weighted by atomic mass is 10.5. The number of esters is 1. The topological polar surface area (TPSA) is 35.5 Å². The van der Waals surface area contributed by atoms with E-state index in [-0.39, 0.29) is 10.8 Å². The van der Waals surface area contributed by atoms with Crippen molar-refractivity contribution in [3.8, 4) is 0 Å². The Morgan fingerprint density at radius 1 is 1.70 bits per heavy atom. The molecular formula is C5H4Cl2O3. The lowest BCUT2D eigenvalue weighted by molar-refractivity contribution is -0.140. The number of methoxy groups -OCH3 is 1. The van der Waals surface area contributed by atoms with Crippen molar-refractivity contribution in [2.45, 2.75) is 5.56 Å². The molecule has 1 aliphatic rings. The zero-order valence-electron chi connectivity index (χ0n) is 5.06. The largest absolute Gasteiger partial charge is 0.489 e. The van der Waals surface area contributed by atoms with Crippen LogP contribution < -0.4 is 0 Å². The van der Waals surface area contributed by atoms with Gasteiger partial charge in [0.15, 0.2) is 0 Å². The van der Waals surface area contributed by atoms with Crippen LogP contribution in [0.5, 0.6) is 0 Å². The Morgan fingerprint density at radius 2 is 2.30 bits per heavy atom. The van der Waals surface area contributed by atoms with Crippen molar-refractivity contribution < 1.29 is 14.3 Å². The Hall–Kier alpha value is -0.410. The first kappa shape index (κ1) is 7.69. The Kier molecular flexibility index (Phi) is 2.06. The van der Waals surface area contributed by atoms with Crippen molar-refractivity contribution in [2.24, 2.45) is 0 Å². The number of ether oxygens (including phenoxy) is 2. The van der Waals surface area contributed by atoms with Crippen molar-refractivity contribution >= 4 is 29.2 Å². The fourth-order valence-corrected chi connectivity index (χ4v) is 0.959. The predicted octanol–water partition coefficient (Wildman–Crippen LogP) is 1.20. The predicted molar refractivity (Wildman–Crippen MR) is 35.6 cm³/mol. The first-order chi connectivity index (χ1) is 4.66. The van der Waals surface area contributed by atoms with Crippen LogP contribution in [0.15, 0.2) is 10.8 Å². The third-order valence-corrected chi connectivity index (χ3v) is 1.81. The van der Waals surface area contributed by atoms with Crippen LogP contribution in [-0.2, 0) is 14.3 Å². The summed E-state index contributed by atoms with van der Waals surface area (Å²) >= 11 is 10.9. The molecule has 10 heavy (non-hydrogen) atoms. The fraction of sp³-hybridized carbons (Fsp3) is 0.400. The molecule has 0 aromatic heterocycles. The Bertz CT molecular complexity index is 199. The number of rotatable bonds is 1. The zero-order valence-corrected chi connectivity index (χ0v) is 6.57. The SMILES string of the molecule is COC1=C(Cl)C(Cl)OC1=O. The molecule has 0 fully saturated rings. The standard InChI is InChI=1S/C5H4Cl2O3/c1-9-3-2(6)4(7)10-5(3)8/h4H,1H3. The molecular weight excluding hydrogens is 179 g/mol. The molecule has 56 valence electrons. The van der Waals surface area contributed by atoms with E-state index < -0.39 is 11.5 Å². The summed E-state index contributed by atoms with van der Waals surface area (Å²) in [5, 5.41) is 0.106. The fourth-order valence-electron chi connectivity index (χ4n) is 0.581. The van der Waals surface area contributed by atoms with Gasteiger partial charge in [0, 0.05) is 0 Å². The van der Waals surface area contributed by atoms with Gasteiger partial charge in [0.1, 0.15) is 5.03 Å². The molecule has 1 rings (SSSR count). The van der Waals surface area contributed by atoms with Crippen LogP contribution in [0.3, 0.4) is 0 Å². The smallest absolute Gasteiger partial charge is 0.376 e. The van der Waals surface area contributed by atoms with Crippen molar-refractivity contribution in [1.82, 2.24) is 0 Å². The molecule has 0 N–H and O–H groups in total. The average molecular weight is 183 g/mol. The van der Waals surface area contributed by atoms with Crippen LogP contribution in [0.4, 0.5) is 0 Å². The minimum Gasteiger partial charge on any atom is -0.489 e. The van der Waals surface area contributed by atoms with Gasteiger partial charge in [0.05, 0.1) is 7.11 Å². The highest BCUT2D eigenvalue weighted by atomic mass is 35.5. The molecule has 0 saturated carbocycles. The molecule has 1 heterocycles. The first-order valence-electron chi connectivity index (χ1n) is 2.45. The third-order valence-electron chi connectivity index (χ3n) is 1.02. The summed E-state index contributed by atoms with van der Waals surface area (Å²) in [4.78, 5) is 10.7. The number of hydrogen-bond acceptors (Lipinski definition) is 3. The van der Waals surface area contributed by atoms with E-state index in [4.69, 9.17) is 23.2 Å². The van der Waals surface area contributed by atoms with E-state index in [9.17, 15) is 4.79 Å². The van der Waals surface area contributed by atoms with Crippen LogP contribution in [0, 0.1) is 0 Å². The van der Waals surface area contributed by atoms with Gasteiger partial charge >= 0.3 is 5.97 Å². The number of alkyl halides is 1. The first-order valence-corrected chi connectivity index (χ1v) is 3.27. The van der Waals surface area contributed by atoms with Crippen LogP contribution in [-0.4, -0.2) is 18.6 Å². The summed E-state index contributed by atoms with van der Waals surface area (Å²) in [6, 6.07) is 0. The van der Waals surface area contributed by atoms with E-state index >= 15 is 0 Å². The molecule has 3 nitrogen and oxygen atoms in total. The summed E-state index contributed by atoms with van der Waals surface area (Å²) in [5.74, 6) is -0.630. The van der Waals surface area contributed by atoms with Gasteiger partial charge in [-0.25, -0.2) is 4.79 Å². The molecule has 0 amide bonds. The van der Waals surface area contributed by atoms with Crippen molar-refractivity contribution in [1.29, 1.82) is 0 Å². The maximum absolute atomic E-state index is 10.7. The molecule has 0 aromatic rings. The molecule has 0 spiro atoms. The molecule has 0 radical (unpaired) electrons. The van der Waals surface area contributed by atoms with Gasteiger partial charge in [-0.1, -0.05) is 23.2 Å². The summed E-state index contributed by atoms with van der Waals surface area (Å²) in [7, 11) is 1.33. The summed E-state index contributed by atoms with van der Waals surface area (Å²) in [5.41, 5.74) is -0.885. The van der Waals surface area contributed by atoms with Crippen molar-refractivity contribution in [3.63, 3.8) is 0 Å². The molecule has 0 aromatic carbocycles. The highest BCUT2D eigenvalue weighted by molar-refractivity contribution is 6.39. The highest BCUT2D eigenvalue weighted by Crippen LogP contribution is 2.28. The summed E-state index contributed by atoms with van der Waals surface area (Å²) < 4.78 is 9.07. The van der Waals surface area contributed by atoms with Gasteiger partial charge in [0.2, 0.25) is 11.3 Å². The van der Waals surface area contributed by atoms with E-state index in [0.29, 0.717) is 0 Å². The second-order valence-corrected chi connectivity index (χ2v) is 2.41. The summed E-state index contributed by atoms with van der Waals surface area (Å²) in [6.07, 6.45) is 0. The van der Waals surface area contributed by atoms with Crippen LogP contribution >= 0.6 is 23.2 Å². The van der Waals surface area contributed by atoms with E-state index in [1.165, 1.54) is 7.11 Å². The number of carbonyl (C=O) groups is 1. The Morgan fingerprint density at radius 3 is 2.50 bits per heavy atom. The second-order valence-electron chi connectivity index (χ2n) is 1.60. The van der Waals surface area contributed by atoms with Gasteiger partial charge < -0.3 is 9.47 Å². The molecule has 1 aliphatic heterocycles. The lowest BCUT2D eigenvalue weighted by Gasteiger charge is -1.95. The van der Waals surface area contributed by atoms with E-state index in [1.54, 1.807) is 0 Å². The van der Waals surface area contributed by atoms with Crippen LogP contribution in [0.25, 0.3) is 0 Å². The number of hydrogen-bond donors (Lipinski definition) is 0. The minimum atomic E-state index is -0.885. The van der Waals surface area contributed by atoms with Crippen LogP contribution in [0.2, 0.25) is 0 Å². The zero-order chi connectivity index (χ0) is 7.72. The molecule has 1 unspecified atom stereocenters. The summed E-state index contributed by atoms with van der Waals surface area (Å²) in [6.45, 7) is 0. The highest BCUT2D eigenvalue weighted by Gasteiger charge is 2.32. The van der Waals surface area contributed by atoms with E-state index in [0.717, 1.165) is 0 Å². The quantitative estimate of drug-likeness (QED) is 0.452. The minimum absolute atomic E-state index is 0.0123. The van der Waals surface area contributed by atoms with Gasteiger partial charge in [-0.3, -0.25) is 0 Å². The van der Waals surface area contributed by atoms with Gasteiger partial charge in [-0.15, -0.1) is 0 Å². The van der Waals surface area contributed by atoms with E-state index in [2.05, 4.69) is 9.47 Å². The Balaban J connectivity index is 2.90. The molecule has 0 aliphatic carbocycles. The van der Waals surface area contributed by atoms with Gasteiger partial charge in [-0.2, -0.15) is 0 Å². The molecule has 0 bridgehead atoms. The third kappa shape index (κ3) is 1.07. The Labute approximate surface area is 67.5 Å². The maximum atomic E-state index is 10.7. The number of carbonyl (C=O) groups excluding carboxylic acids is 1. The van der Waals surface area contributed by atoms with Crippen molar-refractivity contribution in [2.75, 3.05) is 7.11 Å². The van der Waals surface area contributed by atoms with Gasteiger partial charge in [-0.05, 0) is 0 Å². The van der Waals surface area contributed by atoms with Crippen molar-refractivity contribution in [3.05, 3.63) is 10.8 Å². The van der Waals surface area contributed by atoms with Crippen LogP contribution in [0.1, 0.15) is 0 Å². The lowest BCUT2D eigenvalue weighted by Crippen LogP contribution is -2.02. The number of cyclic esters (lactones) is 1. The normalized spacial score (nSPS) is 25.1. The molecule has 5 heteroatoms. The average Bonchev–Trinajstić information content (AvgIpc) is 2.09. The van der Waals surface area contributed by atoms with E-state index in [1.807, 2.05) is 0 Å². The maximum Gasteiger partial charge on any atom is 0.376 e. The second kappa shape index (κ2) is 2.68.